The van der Waals surface area contributed by atoms with Crippen molar-refractivity contribution in [1.29, 1.82) is 0 Å². The highest BCUT2D eigenvalue weighted by Crippen LogP contribution is 2.41. The van der Waals surface area contributed by atoms with Gasteiger partial charge < -0.3 is 14.3 Å². The van der Waals surface area contributed by atoms with Crippen LogP contribution >= 0.6 is 15.9 Å². The van der Waals surface area contributed by atoms with Gasteiger partial charge in [0.2, 0.25) is 0 Å². The Hall–Kier alpha value is -3.90. The molecule has 0 bridgehead atoms. The van der Waals surface area contributed by atoms with E-state index in [-0.39, 0.29) is 5.78 Å². The largest absolute Gasteiger partial charge is 0.481 e. The predicted octanol–water partition coefficient (Wildman–Crippen LogP) is 9.37. The number of rotatable bonds is 9. The maximum atomic E-state index is 13.2. The smallest absolute Gasteiger partial charge is 0.310 e. The van der Waals surface area contributed by atoms with Crippen molar-refractivity contribution in [3.63, 3.8) is 0 Å². The molecule has 0 aliphatic rings. The number of carboxylic acids is 1. The van der Waals surface area contributed by atoms with Crippen molar-refractivity contribution in [3.05, 3.63) is 94.5 Å². The van der Waals surface area contributed by atoms with Gasteiger partial charge in [-0.15, -0.1) is 0 Å². The molecular weight excluding hydrogens is 544 g/mol. The molecule has 5 aromatic rings. The lowest BCUT2D eigenvalue weighted by molar-refractivity contribution is -0.138. The molecule has 0 aliphatic heterocycles. The minimum atomic E-state index is -0.913. The summed E-state index contributed by atoms with van der Waals surface area (Å²) in [6, 6.07) is 24.6. The summed E-state index contributed by atoms with van der Waals surface area (Å²) in [4.78, 5) is 24.8. The molecule has 5 nitrogen and oxygen atoms in total. The number of carbonyl (C=O) groups is 2. The first-order valence-electron chi connectivity index (χ1n) is 12.7. The molecule has 1 N–H and O–H groups in total. The summed E-state index contributed by atoms with van der Waals surface area (Å²) in [5.41, 5.74) is 2.76. The van der Waals surface area contributed by atoms with E-state index in [0.717, 1.165) is 39.0 Å². The normalized spacial score (nSPS) is 12.1. The van der Waals surface area contributed by atoms with Crippen LogP contribution in [-0.4, -0.2) is 16.9 Å². The number of ketones is 1. The van der Waals surface area contributed by atoms with Crippen LogP contribution in [0.5, 0.6) is 11.5 Å². The molecule has 0 radical (unpaired) electrons. The average molecular weight is 571 g/mol. The fraction of sp³-hybridized carbons (Fsp3) is 0.188. The van der Waals surface area contributed by atoms with E-state index < -0.39 is 11.9 Å². The van der Waals surface area contributed by atoms with Crippen LogP contribution in [0.3, 0.4) is 0 Å². The van der Waals surface area contributed by atoms with Crippen molar-refractivity contribution in [2.75, 3.05) is 0 Å². The first-order chi connectivity index (χ1) is 18.4. The van der Waals surface area contributed by atoms with Crippen LogP contribution < -0.4 is 4.74 Å². The minimum absolute atomic E-state index is 0.0890. The molecule has 4 aromatic carbocycles. The van der Waals surface area contributed by atoms with Gasteiger partial charge in [0.1, 0.15) is 22.8 Å². The number of halogens is 1. The number of ether oxygens (including phenoxy) is 1. The third-order valence-electron chi connectivity index (χ3n) is 6.79. The number of aliphatic carboxylic acids is 1. The molecular formula is C32H27BrO5. The summed E-state index contributed by atoms with van der Waals surface area (Å²) in [7, 11) is 0. The maximum Gasteiger partial charge on any atom is 0.310 e. The van der Waals surface area contributed by atoms with Gasteiger partial charge in [-0.1, -0.05) is 67.9 Å². The summed E-state index contributed by atoms with van der Waals surface area (Å²) in [5, 5.41) is 12.2. The van der Waals surface area contributed by atoms with E-state index >= 15 is 0 Å². The van der Waals surface area contributed by atoms with Crippen LogP contribution in [0.15, 0.2) is 87.8 Å². The van der Waals surface area contributed by atoms with Crippen molar-refractivity contribution in [1.82, 2.24) is 0 Å². The van der Waals surface area contributed by atoms with E-state index in [1.807, 2.05) is 60.7 Å². The fourth-order valence-corrected chi connectivity index (χ4v) is 5.24. The van der Waals surface area contributed by atoms with Crippen LogP contribution in [0.1, 0.15) is 54.9 Å². The zero-order valence-electron chi connectivity index (χ0n) is 21.2. The molecule has 0 aliphatic carbocycles. The van der Waals surface area contributed by atoms with Gasteiger partial charge in [-0.25, -0.2) is 0 Å². The highest BCUT2D eigenvalue weighted by molar-refractivity contribution is 9.10. The molecule has 5 rings (SSSR count). The molecule has 1 heterocycles. The van der Waals surface area contributed by atoms with Crippen LogP contribution in [-0.2, 0) is 4.79 Å². The Labute approximate surface area is 229 Å². The van der Waals surface area contributed by atoms with E-state index in [2.05, 4.69) is 22.9 Å². The number of unbranched alkanes of at least 4 members (excludes halogenated alkanes) is 1. The maximum absolute atomic E-state index is 13.2. The highest BCUT2D eigenvalue weighted by Gasteiger charge is 2.23. The lowest BCUT2D eigenvalue weighted by Crippen LogP contribution is -2.08. The zero-order valence-corrected chi connectivity index (χ0v) is 22.7. The summed E-state index contributed by atoms with van der Waals surface area (Å²) in [6.45, 7) is 3.72. The minimum Gasteiger partial charge on any atom is -0.481 e. The molecule has 0 saturated heterocycles. The van der Waals surface area contributed by atoms with Gasteiger partial charge in [-0.3, -0.25) is 9.59 Å². The van der Waals surface area contributed by atoms with Gasteiger partial charge in [0.05, 0.1) is 16.0 Å². The average Bonchev–Trinajstić information content (AvgIpc) is 3.32. The van der Waals surface area contributed by atoms with Gasteiger partial charge in [0.15, 0.2) is 5.78 Å². The van der Waals surface area contributed by atoms with Crippen molar-refractivity contribution in [2.45, 2.75) is 39.0 Å². The molecule has 0 fully saturated rings. The van der Waals surface area contributed by atoms with Crippen LogP contribution in [0, 0.1) is 0 Å². The highest BCUT2D eigenvalue weighted by atomic mass is 79.9. The van der Waals surface area contributed by atoms with E-state index in [1.54, 1.807) is 25.1 Å². The molecule has 1 atom stereocenters. The second kappa shape index (κ2) is 10.8. The Balaban J connectivity index is 1.55. The molecule has 6 heteroatoms. The number of benzene rings is 4. The lowest BCUT2D eigenvalue weighted by Gasteiger charge is -2.16. The van der Waals surface area contributed by atoms with Gasteiger partial charge in [0.25, 0.3) is 0 Å². The predicted molar refractivity (Wildman–Crippen MR) is 153 cm³/mol. The quantitative estimate of drug-likeness (QED) is 0.178. The second-order valence-corrected chi connectivity index (χ2v) is 10.1. The summed E-state index contributed by atoms with van der Waals surface area (Å²) in [6.07, 6.45) is 2.26. The van der Waals surface area contributed by atoms with Crippen LogP contribution in [0.4, 0.5) is 0 Å². The van der Waals surface area contributed by atoms with Crippen molar-refractivity contribution < 1.29 is 23.8 Å². The monoisotopic (exact) mass is 570 g/mol. The number of para-hydroxylation sites is 2. The third-order valence-corrected chi connectivity index (χ3v) is 7.61. The van der Waals surface area contributed by atoms with Crippen LogP contribution in [0.2, 0.25) is 0 Å². The molecule has 1 aromatic heterocycles. The van der Waals surface area contributed by atoms with Crippen LogP contribution in [0.25, 0.3) is 33.1 Å². The molecule has 192 valence electrons. The Morgan fingerprint density at radius 1 is 0.947 bits per heavy atom. The summed E-state index contributed by atoms with van der Waals surface area (Å²) < 4.78 is 13.2. The van der Waals surface area contributed by atoms with E-state index in [4.69, 9.17) is 9.15 Å². The van der Waals surface area contributed by atoms with Crippen molar-refractivity contribution in [2.24, 2.45) is 0 Å². The molecule has 0 saturated carbocycles. The summed E-state index contributed by atoms with van der Waals surface area (Å²) in [5.74, 6) is 0.134. The van der Waals surface area contributed by atoms with E-state index in [1.165, 1.54) is 0 Å². The Morgan fingerprint density at radius 3 is 2.50 bits per heavy atom. The van der Waals surface area contributed by atoms with Gasteiger partial charge >= 0.3 is 5.97 Å². The summed E-state index contributed by atoms with van der Waals surface area (Å²) >= 11 is 3.69. The fourth-order valence-electron chi connectivity index (χ4n) is 4.66. The SMILES string of the molecule is CCCCC(=O)c1c(-c2ccc3c(Br)c(Oc4ccccc4C(C)C(=O)O)ccc3c2)oc2ccccc12. The number of carboxylic acid groups (broad SMARTS) is 1. The number of furan rings is 1. The number of carbonyl (C=O) groups excluding carboxylic acids is 1. The lowest BCUT2D eigenvalue weighted by atomic mass is 9.97. The first-order valence-corrected chi connectivity index (χ1v) is 13.4. The van der Waals surface area contributed by atoms with Gasteiger partial charge in [-0.2, -0.15) is 0 Å². The number of hydrogen-bond donors (Lipinski definition) is 1. The first kappa shape index (κ1) is 25.7. The Morgan fingerprint density at radius 2 is 1.71 bits per heavy atom. The molecule has 0 amide bonds. The topological polar surface area (TPSA) is 76.7 Å². The van der Waals surface area contributed by atoms with Crippen molar-refractivity contribution >= 4 is 49.4 Å². The van der Waals surface area contributed by atoms with Gasteiger partial charge in [0, 0.05) is 22.9 Å². The van der Waals surface area contributed by atoms with Crippen molar-refractivity contribution in [3.8, 4) is 22.8 Å². The molecule has 1 unspecified atom stereocenters. The number of hydrogen-bond acceptors (Lipinski definition) is 4. The molecule has 0 spiro atoms. The Kier molecular flexibility index (Phi) is 7.34. The van der Waals surface area contributed by atoms with E-state index in [0.29, 0.717) is 40.4 Å². The second-order valence-electron chi connectivity index (χ2n) is 9.34. The molecule has 38 heavy (non-hydrogen) atoms. The number of fused-ring (bicyclic) bond motifs is 2. The zero-order chi connectivity index (χ0) is 26.8. The number of Topliss-reactive ketones (excluding diaryl/α,β-unsaturated/α-hetero) is 1. The Bertz CT molecular complexity index is 1670. The van der Waals surface area contributed by atoms with Gasteiger partial charge in [-0.05, 0) is 64.3 Å². The third kappa shape index (κ3) is 4.84. The standard InChI is InChI=1S/C32H27BrO5/c1-3-4-11-25(34)29-24-10-6-8-13-27(24)38-31(29)21-14-16-23-20(18-21)15-17-28(30(23)33)37-26-12-7-5-9-22(26)19(2)32(35)36/h5-10,12-19H,3-4,11H2,1-2H3,(H,35,36). The van der Waals surface area contributed by atoms with E-state index in [9.17, 15) is 14.7 Å².